The van der Waals surface area contributed by atoms with Crippen molar-refractivity contribution in [3.63, 3.8) is 0 Å². The Morgan fingerprint density at radius 2 is 1.86 bits per heavy atom. The lowest BCUT2D eigenvalue weighted by Crippen LogP contribution is -2.09. The van der Waals surface area contributed by atoms with Crippen LogP contribution in [-0.2, 0) is 9.09 Å². The molecule has 0 saturated carbocycles. The molecule has 14 heavy (non-hydrogen) atoms. The van der Waals surface area contributed by atoms with Crippen LogP contribution in [0.2, 0.25) is 0 Å². The molecule has 1 aromatic rings. The van der Waals surface area contributed by atoms with Crippen LogP contribution in [0.15, 0.2) is 30.3 Å². The van der Waals surface area contributed by atoms with Gasteiger partial charge in [0.2, 0.25) is 7.37 Å². The zero-order valence-corrected chi connectivity index (χ0v) is 9.67. The fraction of sp³-hybridized carbons (Fsp3) is 0.455. The minimum Gasteiger partial charge on any atom is -0.326 e. The summed E-state index contributed by atoms with van der Waals surface area (Å²) in [6.07, 6.45) is 1.51. The summed E-state index contributed by atoms with van der Waals surface area (Å²) in [7, 11) is -2.57. The van der Waals surface area contributed by atoms with E-state index in [0.717, 1.165) is 11.7 Å². The first-order valence-electron chi connectivity index (χ1n) is 5.02. The number of hydrogen-bond acceptors (Lipinski definition) is 2. The van der Waals surface area contributed by atoms with Crippen molar-refractivity contribution in [2.75, 3.05) is 12.8 Å². The second kappa shape index (κ2) is 5.33. The molecule has 2 nitrogen and oxygen atoms in total. The Balaban J connectivity index is 2.94. The molecule has 1 rings (SSSR count). The van der Waals surface area contributed by atoms with E-state index in [2.05, 4.69) is 0 Å². The Morgan fingerprint density at radius 3 is 2.36 bits per heavy atom. The second-order valence-electron chi connectivity index (χ2n) is 3.15. The molecule has 0 aliphatic rings. The highest BCUT2D eigenvalue weighted by molar-refractivity contribution is 7.66. The van der Waals surface area contributed by atoms with Gasteiger partial charge in [0, 0.05) is 11.5 Å². The predicted octanol–water partition coefficient (Wildman–Crippen LogP) is 3.04. The van der Waals surface area contributed by atoms with Crippen LogP contribution in [0.3, 0.4) is 0 Å². The van der Waals surface area contributed by atoms with Gasteiger partial charge < -0.3 is 4.52 Å². The summed E-state index contributed by atoms with van der Waals surface area (Å²) >= 11 is 0. The van der Waals surface area contributed by atoms with Crippen molar-refractivity contribution in [3.8, 4) is 0 Å². The molecule has 78 valence electrons. The van der Waals surface area contributed by atoms with E-state index < -0.39 is 7.37 Å². The molecule has 0 fully saturated rings. The third kappa shape index (κ3) is 2.70. The zero-order chi connectivity index (χ0) is 10.4. The number of hydrogen-bond donors (Lipinski definition) is 0. The Morgan fingerprint density at radius 1 is 1.21 bits per heavy atom. The number of benzene rings is 1. The Hall–Kier alpha value is -0.590. The number of rotatable bonds is 5. The minimum atomic E-state index is -2.57. The average Bonchev–Trinajstić information content (AvgIpc) is 2.20. The summed E-state index contributed by atoms with van der Waals surface area (Å²) in [6, 6.07) is 9.48. The molecule has 0 radical (unpaired) electrons. The lowest BCUT2D eigenvalue weighted by Gasteiger charge is -2.16. The SMILES string of the molecule is CCCP(=O)(OCC)c1ccccc1. The topological polar surface area (TPSA) is 26.3 Å². The summed E-state index contributed by atoms with van der Waals surface area (Å²) in [6.45, 7) is 4.41. The maximum Gasteiger partial charge on any atom is 0.232 e. The normalized spacial score (nSPS) is 15.0. The molecule has 0 saturated heterocycles. The third-order valence-electron chi connectivity index (χ3n) is 2.01. The van der Waals surface area contributed by atoms with Gasteiger partial charge in [-0.1, -0.05) is 25.1 Å². The summed E-state index contributed by atoms with van der Waals surface area (Å²) in [5, 5.41) is 0.837. The first kappa shape index (κ1) is 11.5. The van der Waals surface area contributed by atoms with Crippen LogP contribution in [0.25, 0.3) is 0 Å². The molecule has 0 spiro atoms. The first-order chi connectivity index (χ1) is 6.73. The van der Waals surface area contributed by atoms with Crippen LogP contribution in [0.4, 0.5) is 0 Å². The minimum absolute atomic E-state index is 0.506. The van der Waals surface area contributed by atoms with E-state index in [1.807, 2.05) is 44.2 Å². The summed E-state index contributed by atoms with van der Waals surface area (Å²) in [5.74, 6) is 0. The fourth-order valence-electron chi connectivity index (χ4n) is 1.43. The van der Waals surface area contributed by atoms with Crippen molar-refractivity contribution >= 4 is 12.7 Å². The quantitative estimate of drug-likeness (QED) is 0.701. The van der Waals surface area contributed by atoms with Gasteiger partial charge >= 0.3 is 0 Å². The fourth-order valence-corrected chi connectivity index (χ4v) is 3.59. The van der Waals surface area contributed by atoms with Crippen LogP contribution in [-0.4, -0.2) is 12.8 Å². The van der Waals surface area contributed by atoms with Crippen molar-refractivity contribution in [1.82, 2.24) is 0 Å². The molecule has 0 aliphatic carbocycles. The van der Waals surface area contributed by atoms with E-state index in [0.29, 0.717) is 12.8 Å². The van der Waals surface area contributed by atoms with E-state index in [-0.39, 0.29) is 0 Å². The van der Waals surface area contributed by atoms with Crippen LogP contribution >= 0.6 is 7.37 Å². The Kier molecular flexibility index (Phi) is 4.37. The van der Waals surface area contributed by atoms with Gasteiger partial charge in [-0.15, -0.1) is 0 Å². The third-order valence-corrected chi connectivity index (χ3v) is 4.80. The highest BCUT2D eigenvalue weighted by Gasteiger charge is 2.23. The van der Waals surface area contributed by atoms with Gasteiger partial charge in [-0.3, -0.25) is 4.57 Å². The second-order valence-corrected chi connectivity index (χ2v) is 5.72. The van der Waals surface area contributed by atoms with Gasteiger partial charge in [-0.25, -0.2) is 0 Å². The van der Waals surface area contributed by atoms with Gasteiger partial charge in [-0.2, -0.15) is 0 Å². The van der Waals surface area contributed by atoms with Crippen molar-refractivity contribution < 1.29 is 9.09 Å². The zero-order valence-electron chi connectivity index (χ0n) is 8.77. The lowest BCUT2D eigenvalue weighted by atomic mass is 10.4. The van der Waals surface area contributed by atoms with Gasteiger partial charge in [0.15, 0.2) is 0 Å². The van der Waals surface area contributed by atoms with Crippen molar-refractivity contribution in [3.05, 3.63) is 30.3 Å². The van der Waals surface area contributed by atoms with Crippen LogP contribution in [0.5, 0.6) is 0 Å². The van der Waals surface area contributed by atoms with E-state index in [9.17, 15) is 4.57 Å². The van der Waals surface area contributed by atoms with Gasteiger partial charge in [0.05, 0.1) is 6.61 Å². The molecule has 1 atom stereocenters. The summed E-state index contributed by atoms with van der Waals surface area (Å²) in [4.78, 5) is 0. The molecule has 0 aromatic heterocycles. The summed E-state index contributed by atoms with van der Waals surface area (Å²) in [5.41, 5.74) is 0. The van der Waals surface area contributed by atoms with Gasteiger partial charge in [0.1, 0.15) is 0 Å². The molecule has 1 aromatic carbocycles. The molecule has 3 heteroatoms. The standard InChI is InChI=1S/C11H17O2P/c1-3-10-14(12,13-4-2)11-8-6-5-7-9-11/h5-9H,3-4,10H2,1-2H3. The molecule has 0 heterocycles. The van der Waals surface area contributed by atoms with Crippen molar-refractivity contribution in [2.24, 2.45) is 0 Å². The molecule has 0 bridgehead atoms. The van der Waals surface area contributed by atoms with Crippen molar-refractivity contribution in [1.29, 1.82) is 0 Å². The van der Waals surface area contributed by atoms with Crippen LogP contribution in [0, 0.1) is 0 Å². The smallest absolute Gasteiger partial charge is 0.232 e. The first-order valence-corrected chi connectivity index (χ1v) is 6.83. The summed E-state index contributed by atoms with van der Waals surface area (Å²) < 4.78 is 17.8. The molecule has 0 aliphatic heterocycles. The van der Waals surface area contributed by atoms with E-state index in [1.165, 1.54) is 0 Å². The maximum absolute atomic E-state index is 12.4. The van der Waals surface area contributed by atoms with Gasteiger partial charge in [0.25, 0.3) is 0 Å². The van der Waals surface area contributed by atoms with E-state index in [1.54, 1.807) is 0 Å². The Bertz CT molecular complexity index is 298. The average molecular weight is 212 g/mol. The molecular weight excluding hydrogens is 195 g/mol. The molecule has 0 N–H and O–H groups in total. The highest BCUT2D eigenvalue weighted by Crippen LogP contribution is 2.45. The van der Waals surface area contributed by atoms with Crippen molar-refractivity contribution in [2.45, 2.75) is 20.3 Å². The van der Waals surface area contributed by atoms with E-state index in [4.69, 9.17) is 4.52 Å². The monoisotopic (exact) mass is 212 g/mol. The van der Waals surface area contributed by atoms with Crippen LogP contribution in [0.1, 0.15) is 20.3 Å². The van der Waals surface area contributed by atoms with Gasteiger partial charge in [-0.05, 0) is 25.5 Å². The highest BCUT2D eigenvalue weighted by atomic mass is 31.2. The molecule has 1 unspecified atom stereocenters. The largest absolute Gasteiger partial charge is 0.326 e. The predicted molar refractivity (Wildman–Crippen MR) is 60.5 cm³/mol. The Labute approximate surface area is 85.7 Å². The maximum atomic E-state index is 12.4. The molecular formula is C11H17O2P. The molecule has 0 amide bonds. The van der Waals surface area contributed by atoms with E-state index >= 15 is 0 Å². The lowest BCUT2D eigenvalue weighted by molar-refractivity contribution is 0.340. The van der Waals surface area contributed by atoms with Crippen LogP contribution < -0.4 is 5.30 Å².